The van der Waals surface area contributed by atoms with E-state index < -0.39 is 27.7 Å². The molecule has 0 bridgehead atoms. The fourth-order valence-corrected chi connectivity index (χ4v) is 1.42. The number of hydrogen-bond donors (Lipinski definition) is 1. The van der Waals surface area contributed by atoms with Crippen molar-refractivity contribution in [1.82, 2.24) is 4.72 Å². The quantitative estimate of drug-likeness (QED) is 0.730. The lowest BCUT2D eigenvalue weighted by Gasteiger charge is -2.25. The summed E-state index contributed by atoms with van der Waals surface area (Å²) in [6.07, 6.45) is 0.560. The Morgan fingerprint density at radius 2 is 1.86 bits per heavy atom. The van der Waals surface area contributed by atoms with E-state index in [1.54, 1.807) is 20.8 Å². The van der Waals surface area contributed by atoms with Gasteiger partial charge < -0.3 is 0 Å². The van der Waals surface area contributed by atoms with Crippen LogP contribution in [0.5, 0.6) is 0 Å². The van der Waals surface area contributed by atoms with Crippen LogP contribution in [0.15, 0.2) is 12.7 Å². The molecule has 0 aromatic heterocycles. The normalized spacial score (nSPS) is 17.6. The minimum absolute atomic E-state index is 0.550. The first kappa shape index (κ1) is 13.7. The highest BCUT2D eigenvalue weighted by Gasteiger charge is 2.35. The Hall–Kier alpha value is -0.290. The summed E-state index contributed by atoms with van der Waals surface area (Å²) in [5.74, 6) is -3.04. The average Bonchev–Trinajstić information content (AvgIpc) is 2.02. The van der Waals surface area contributed by atoms with E-state index in [-0.39, 0.29) is 0 Å². The molecule has 0 aromatic rings. The smallest absolute Gasteiger partial charge is 0.242 e. The number of hydrogen-bond acceptors (Lipinski definition) is 1. The molecule has 0 spiro atoms. The average molecular weight is 225 g/mol. The van der Waals surface area contributed by atoms with Gasteiger partial charge in [-0.25, -0.2) is 17.7 Å². The van der Waals surface area contributed by atoms with Gasteiger partial charge in [-0.3, -0.25) is 0 Å². The van der Waals surface area contributed by atoms with E-state index >= 15 is 0 Å². The first-order valence-electron chi connectivity index (χ1n) is 4.30. The summed E-state index contributed by atoms with van der Waals surface area (Å²) in [6, 6.07) is -1.18. The van der Waals surface area contributed by atoms with Crippen molar-refractivity contribution >= 4 is 11.0 Å². The van der Waals surface area contributed by atoms with Gasteiger partial charge in [-0.2, -0.15) is 0 Å². The van der Waals surface area contributed by atoms with Gasteiger partial charge in [0, 0.05) is 0 Å². The summed E-state index contributed by atoms with van der Waals surface area (Å²) in [7, 11) is -1.49. The van der Waals surface area contributed by atoms with Crippen LogP contribution in [0.4, 0.5) is 8.78 Å². The van der Waals surface area contributed by atoms with Crippen molar-refractivity contribution in [2.75, 3.05) is 0 Å². The van der Waals surface area contributed by atoms with Crippen molar-refractivity contribution in [1.29, 1.82) is 0 Å². The molecule has 0 aromatic carbocycles. The van der Waals surface area contributed by atoms with Crippen LogP contribution in [0, 0.1) is 0 Å². The molecule has 0 rings (SSSR count). The van der Waals surface area contributed by atoms with Crippen molar-refractivity contribution in [3.63, 3.8) is 0 Å². The lowest BCUT2D eigenvalue weighted by atomic mass is 10.2. The van der Waals surface area contributed by atoms with Gasteiger partial charge in [-0.15, -0.1) is 0 Å². The van der Waals surface area contributed by atoms with Crippen molar-refractivity contribution in [2.24, 2.45) is 0 Å². The highest BCUT2D eigenvalue weighted by atomic mass is 32.2. The first-order valence-corrected chi connectivity index (χ1v) is 5.45. The topological polar surface area (TPSA) is 29.1 Å². The summed E-state index contributed by atoms with van der Waals surface area (Å²) in [5, 5.41) is 0. The molecule has 0 radical (unpaired) electrons. The van der Waals surface area contributed by atoms with Gasteiger partial charge in [0.05, 0.1) is 21.8 Å². The molecule has 14 heavy (non-hydrogen) atoms. The molecular weight excluding hydrogens is 208 g/mol. The minimum Gasteiger partial charge on any atom is -0.242 e. The van der Waals surface area contributed by atoms with E-state index in [4.69, 9.17) is 0 Å². The van der Waals surface area contributed by atoms with Crippen molar-refractivity contribution in [2.45, 2.75) is 44.4 Å². The molecule has 0 fully saturated rings. The maximum absolute atomic E-state index is 13.0. The SMILES string of the molecule is C=CC(F)(F)[C@H](C)N[S@@](=O)C(C)(C)C. The first-order chi connectivity index (χ1) is 6.11. The lowest BCUT2D eigenvalue weighted by molar-refractivity contribution is 0.0275. The Bertz CT molecular complexity index is 235. The second-order valence-electron chi connectivity index (χ2n) is 4.10. The molecule has 0 aliphatic carbocycles. The number of nitrogens with one attached hydrogen (secondary N) is 1. The van der Waals surface area contributed by atoms with Crippen molar-refractivity contribution in [3.05, 3.63) is 12.7 Å². The molecular formula is C9H17F2NOS. The van der Waals surface area contributed by atoms with E-state index in [0.717, 1.165) is 0 Å². The van der Waals surface area contributed by atoms with Crippen LogP contribution in [0.2, 0.25) is 0 Å². The molecule has 0 saturated carbocycles. The highest BCUT2D eigenvalue weighted by molar-refractivity contribution is 7.84. The van der Waals surface area contributed by atoms with Crippen molar-refractivity contribution in [3.8, 4) is 0 Å². The van der Waals surface area contributed by atoms with Crippen molar-refractivity contribution < 1.29 is 13.0 Å². The molecule has 0 saturated heterocycles. The second-order valence-corrected chi connectivity index (χ2v) is 6.10. The van der Waals surface area contributed by atoms with Crippen LogP contribution in [0.25, 0.3) is 0 Å². The zero-order chi connectivity index (χ0) is 11.6. The Kier molecular flexibility index (Phi) is 4.39. The van der Waals surface area contributed by atoms with Crippen LogP contribution in [-0.4, -0.2) is 20.9 Å². The second kappa shape index (κ2) is 4.49. The van der Waals surface area contributed by atoms with E-state index in [0.29, 0.717) is 6.08 Å². The van der Waals surface area contributed by atoms with Gasteiger partial charge in [0.25, 0.3) is 5.92 Å². The van der Waals surface area contributed by atoms with Crippen LogP contribution in [-0.2, 0) is 11.0 Å². The molecule has 0 unspecified atom stereocenters. The number of halogens is 2. The Morgan fingerprint density at radius 1 is 1.43 bits per heavy atom. The van der Waals surface area contributed by atoms with Gasteiger partial charge in [-0.1, -0.05) is 6.58 Å². The molecule has 0 aliphatic heterocycles. The molecule has 2 atom stereocenters. The Labute approximate surface area is 86.4 Å². The van der Waals surface area contributed by atoms with Crippen LogP contribution in [0.1, 0.15) is 27.7 Å². The fourth-order valence-electron chi connectivity index (χ4n) is 0.593. The number of rotatable bonds is 4. The predicted octanol–water partition coefficient (Wildman–Crippen LogP) is 2.25. The summed E-state index contributed by atoms with van der Waals surface area (Å²) in [4.78, 5) is 0. The van der Waals surface area contributed by atoms with Gasteiger partial charge in [-0.05, 0) is 33.8 Å². The molecule has 84 valence electrons. The third kappa shape index (κ3) is 3.84. The maximum atomic E-state index is 13.0. The summed E-state index contributed by atoms with van der Waals surface area (Å²) in [6.45, 7) is 9.47. The number of alkyl halides is 2. The third-order valence-electron chi connectivity index (χ3n) is 1.69. The third-order valence-corrected chi connectivity index (χ3v) is 3.37. The molecule has 5 heteroatoms. The van der Waals surface area contributed by atoms with Crippen LogP contribution in [0.3, 0.4) is 0 Å². The zero-order valence-electron chi connectivity index (χ0n) is 8.93. The minimum atomic E-state index is -3.04. The molecule has 0 heterocycles. The largest absolute Gasteiger partial charge is 0.281 e. The van der Waals surface area contributed by atoms with Gasteiger partial charge in [0.1, 0.15) is 0 Å². The van der Waals surface area contributed by atoms with E-state index in [1.165, 1.54) is 6.92 Å². The molecule has 0 amide bonds. The monoisotopic (exact) mass is 225 g/mol. The predicted molar refractivity (Wildman–Crippen MR) is 55.6 cm³/mol. The Balaban J connectivity index is 4.42. The van der Waals surface area contributed by atoms with E-state index in [9.17, 15) is 13.0 Å². The standard InChI is InChI=1S/C9H17F2NOS/c1-6-9(10,11)7(2)12-14(13)8(3,4)5/h6-7,12H,1H2,2-5H3/t7-,14-/m0/s1. The van der Waals surface area contributed by atoms with Crippen LogP contribution >= 0.6 is 0 Å². The fraction of sp³-hybridized carbons (Fsp3) is 0.778. The summed E-state index contributed by atoms with van der Waals surface area (Å²) >= 11 is 0. The molecule has 0 aliphatic rings. The highest BCUT2D eigenvalue weighted by Crippen LogP contribution is 2.21. The van der Waals surface area contributed by atoms with Crippen LogP contribution < -0.4 is 4.72 Å². The Morgan fingerprint density at radius 3 is 2.14 bits per heavy atom. The molecule has 2 nitrogen and oxygen atoms in total. The van der Waals surface area contributed by atoms with Gasteiger partial charge >= 0.3 is 0 Å². The van der Waals surface area contributed by atoms with Gasteiger partial charge in [0.15, 0.2) is 0 Å². The lowest BCUT2D eigenvalue weighted by Crippen LogP contribution is -2.46. The maximum Gasteiger partial charge on any atom is 0.281 e. The molecule has 1 N–H and O–H groups in total. The summed E-state index contributed by atoms with van der Waals surface area (Å²) in [5.41, 5.74) is 0. The van der Waals surface area contributed by atoms with Gasteiger partial charge in [0.2, 0.25) is 0 Å². The zero-order valence-corrected chi connectivity index (χ0v) is 9.75. The summed E-state index contributed by atoms with van der Waals surface area (Å²) < 4.78 is 39.2. The van der Waals surface area contributed by atoms with E-state index in [2.05, 4.69) is 11.3 Å². The van der Waals surface area contributed by atoms with E-state index in [1.807, 2.05) is 0 Å².